The van der Waals surface area contributed by atoms with Gasteiger partial charge in [0.15, 0.2) is 5.69 Å². The summed E-state index contributed by atoms with van der Waals surface area (Å²) in [6, 6.07) is 0.276. The van der Waals surface area contributed by atoms with Crippen LogP contribution in [0.1, 0.15) is 23.3 Å². The number of nitrogens with zero attached hydrogens (tertiary/aromatic N) is 4. The SMILES string of the molecule is COC(=O)c1cnc(N2CCN3C(=O)CCC3C2)cn1. The Morgan fingerprint density at radius 2 is 2.20 bits per heavy atom. The highest BCUT2D eigenvalue weighted by molar-refractivity contribution is 5.86. The summed E-state index contributed by atoms with van der Waals surface area (Å²) in [5.41, 5.74) is 0.200. The van der Waals surface area contributed by atoms with Gasteiger partial charge in [0.1, 0.15) is 5.82 Å². The normalized spacial score (nSPS) is 21.9. The number of carbonyl (C=O) groups excluding carboxylic acids is 2. The van der Waals surface area contributed by atoms with Gasteiger partial charge in [0.05, 0.1) is 19.5 Å². The van der Waals surface area contributed by atoms with Gasteiger partial charge in [-0.15, -0.1) is 0 Å². The number of carbonyl (C=O) groups is 2. The van der Waals surface area contributed by atoms with Crippen molar-refractivity contribution in [1.29, 1.82) is 0 Å². The van der Waals surface area contributed by atoms with Crippen LogP contribution in [-0.4, -0.2) is 59.5 Å². The number of anilines is 1. The lowest BCUT2D eigenvalue weighted by atomic mass is 10.1. The maximum Gasteiger partial charge on any atom is 0.358 e. The largest absolute Gasteiger partial charge is 0.464 e. The zero-order chi connectivity index (χ0) is 14.1. The highest BCUT2D eigenvalue weighted by atomic mass is 16.5. The third-order valence-corrected chi connectivity index (χ3v) is 3.85. The molecule has 2 aliphatic rings. The molecule has 0 radical (unpaired) electrons. The molecule has 7 nitrogen and oxygen atoms in total. The smallest absolute Gasteiger partial charge is 0.358 e. The molecule has 106 valence electrons. The molecule has 3 heterocycles. The molecule has 1 atom stereocenters. The van der Waals surface area contributed by atoms with Crippen molar-refractivity contribution in [3.8, 4) is 0 Å². The van der Waals surface area contributed by atoms with E-state index in [4.69, 9.17) is 0 Å². The van der Waals surface area contributed by atoms with Crippen LogP contribution in [0.5, 0.6) is 0 Å². The molecule has 2 aliphatic heterocycles. The van der Waals surface area contributed by atoms with E-state index >= 15 is 0 Å². The number of amides is 1. The summed E-state index contributed by atoms with van der Waals surface area (Å²) in [6.07, 6.45) is 4.56. The summed E-state index contributed by atoms with van der Waals surface area (Å²) in [5.74, 6) is 0.494. The van der Waals surface area contributed by atoms with Crippen LogP contribution in [0.4, 0.5) is 5.82 Å². The molecule has 7 heteroatoms. The third-order valence-electron chi connectivity index (χ3n) is 3.85. The van der Waals surface area contributed by atoms with E-state index in [1.54, 1.807) is 6.20 Å². The number of ether oxygens (including phenoxy) is 1. The number of hydrogen-bond acceptors (Lipinski definition) is 6. The van der Waals surface area contributed by atoms with Gasteiger partial charge in [-0.05, 0) is 6.42 Å². The maximum absolute atomic E-state index is 11.6. The molecule has 2 fully saturated rings. The Bertz CT molecular complexity index is 531. The molecule has 1 unspecified atom stereocenters. The molecule has 0 spiro atoms. The molecule has 3 rings (SSSR count). The van der Waals surface area contributed by atoms with Gasteiger partial charge in [-0.3, -0.25) is 4.79 Å². The summed E-state index contributed by atoms with van der Waals surface area (Å²) in [5, 5.41) is 0. The number of fused-ring (bicyclic) bond motifs is 1. The predicted molar refractivity (Wildman–Crippen MR) is 70.3 cm³/mol. The van der Waals surface area contributed by atoms with Gasteiger partial charge >= 0.3 is 5.97 Å². The zero-order valence-electron chi connectivity index (χ0n) is 11.3. The molecule has 0 aromatic carbocycles. The van der Waals surface area contributed by atoms with Gasteiger partial charge in [0.2, 0.25) is 5.91 Å². The number of rotatable bonds is 2. The minimum absolute atomic E-state index is 0.200. The van der Waals surface area contributed by atoms with Gasteiger partial charge in [-0.1, -0.05) is 0 Å². The van der Waals surface area contributed by atoms with Crippen molar-refractivity contribution >= 4 is 17.7 Å². The van der Waals surface area contributed by atoms with E-state index in [2.05, 4.69) is 19.6 Å². The van der Waals surface area contributed by atoms with E-state index in [1.807, 2.05) is 4.90 Å². The zero-order valence-corrected chi connectivity index (χ0v) is 11.3. The maximum atomic E-state index is 11.6. The molecule has 20 heavy (non-hydrogen) atoms. The molecular weight excluding hydrogens is 260 g/mol. The minimum atomic E-state index is -0.491. The average Bonchev–Trinajstić information content (AvgIpc) is 2.87. The van der Waals surface area contributed by atoms with E-state index in [-0.39, 0.29) is 17.6 Å². The molecule has 1 aromatic rings. The van der Waals surface area contributed by atoms with Crippen LogP contribution in [0.3, 0.4) is 0 Å². The Morgan fingerprint density at radius 3 is 2.90 bits per heavy atom. The highest BCUT2D eigenvalue weighted by Gasteiger charge is 2.35. The lowest BCUT2D eigenvalue weighted by Crippen LogP contribution is -2.51. The Labute approximate surface area is 116 Å². The molecule has 1 aromatic heterocycles. The van der Waals surface area contributed by atoms with Crippen molar-refractivity contribution in [1.82, 2.24) is 14.9 Å². The van der Waals surface area contributed by atoms with Crippen molar-refractivity contribution in [3.63, 3.8) is 0 Å². The standard InChI is InChI=1S/C13H16N4O3/c1-20-13(19)10-6-15-11(7-14-10)16-4-5-17-9(8-16)2-3-12(17)18/h6-7,9H,2-5,8H2,1H3. The summed E-state index contributed by atoms with van der Waals surface area (Å²) in [7, 11) is 1.31. The lowest BCUT2D eigenvalue weighted by molar-refractivity contribution is -0.129. The fourth-order valence-electron chi connectivity index (χ4n) is 2.77. The van der Waals surface area contributed by atoms with E-state index in [0.717, 1.165) is 31.9 Å². The second-order valence-electron chi connectivity index (χ2n) is 4.98. The van der Waals surface area contributed by atoms with E-state index in [0.29, 0.717) is 6.42 Å². The van der Waals surface area contributed by atoms with Crippen molar-refractivity contribution < 1.29 is 14.3 Å². The van der Waals surface area contributed by atoms with E-state index in [1.165, 1.54) is 13.3 Å². The monoisotopic (exact) mass is 276 g/mol. The molecular formula is C13H16N4O3. The second kappa shape index (κ2) is 5.07. The van der Waals surface area contributed by atoms with Crippen LogP contribution in [-0.2, 0) is 9.53 Å². The Kier molecular flexibility index (Phi) is 3.25. The van der Waals surface area contributed by atoms with Gasteiger partial charge in [-0.25, -0.2) is 14.8 Å². The first-order valence-corrected chi connectivity index (χ1v) is 6.64. The van der Waals surface area contributed by atoms with Crippen molar-refractivity contribution in [3.05, 3.63) is 18.1 Å². The Balaban J connectivity index is 1.71. The van der Waals surface area contributed by atoms with Gasteiger partial charge in [0, 0.05) is 32.1 Å². The summed E-state index contributed by atoms with van der Waals surface area (Å²) < 4.78 is 4.59. The van der Waals surface area contributed by atoms with Crippen LogP contribution in [0, 0.1) is 0 Å². The van der Waals surface area contributed by atoms with Gasteiger partial charge < -0.3 is 14.5 Å². The first-order valence-electron chi connectivity index (χ1n) is 6.64. The summed E-state index contributed by atoms with van der Waals surface area (Å²) >= 11 is 0. The van der Waals surface area contributed by atoms with Crippen molar-refractivity contribution in [2.75, 3.05) is 31.6 Å². The lowest BCUT2D eigenvalue weighted by Gasteiger charge is -2.38. The molecule has 2 saturated heterocycles. The first kappa shape index (κ1) is 12.8. The summed E-state index contributed by atoms with van der Waals surface area (Å²) in [6.45, 7) is 2.25. The summed E-state index contributed by atoms with van der Waals surface area (Å²) in [4.78, 5) is 35.3. The highest BCUT2D eigenvalue weighted by Crippen LogP contribution is 2.25. The van der Waals surface area contributed by atoms with Crippen molar-refractivity contribution in [2.45, 2.75) is 18.9 Å². The van der Waals surface area contributed by atoms with Crippen molar-refractivity contribution in [2.24, 2.45) is 0 Å². The van der Waals surface area contributed by atoms with Crippen LogP contribution in [0.15, 0.2) is 12.4 Å². The topological polar surface area (TPSA) is 75.6 Å². The molecule has 0 N–H and O–H groups in total. The fraction of sp³-hybridized carbons (Fsp3) is 0.538. The molecule has 0 saturated carbocycles. The van der Waals surface area contributed by atoms with Crippen LogP contribution < -0.4 is 4.90 Å². The van der Waals surface area contributed by atoms with Crippen LogP contribution in [0.25, 0.3) is 0 Å². The predicted octanol–water partition coefficient (Wildman–Crippen LogP) is 0.0742. The molecule has 0 aliphatic carbocycles. The quantitative estimate of drug-likeness (QED) is 0.712. The average molecular weight is 276 g/mol. The number of aromatic nitrogens is 2. The van der Waals surface area contributed by atoms with E-state index < -0.39 is 5.97 Å². The number of esters is 1. The fourth-order valence-corrected chi connectivity index (χ4v) is 2.77. The molecule has 1 amide bonds. The second-order valence-corrected chi connectivity index (χ2v) is 4.98. The number of methoxy groups -OCH3 is 1. The van der Waals surface area contributed by atoms with Gasteiger partial charge in [0.25, 0.3) is 0 Å². The first-order chi connectivity index (χ1) is 9.69. The van der Waals surface area contributed by atoms with Gasteiger partial charge in [-0.2, -0.15) is 0 Å². The van der Waals surface area contributed by atoms with Crippen LogP contribution >= 0.6 is 0 Å². The number of hydrogen-bond donors (Lipinski definition) is 0. The Hall–Kier alpha value is -2.18. The van der Waals surface area contributed by atoms with E-state index in [9.17, 15) is 9.59 Å². The number of piperazine rings is 1. The minimum Gasteiger partial charge on any atom is -0.464 e. The Morgan fingerprint density at radius 1 is 1.35 bits per heavy atom. The van der Waals surface area contributed by atoms with Crippen LogP contribution in [0.2, 0.25) is 0 Å². The molecule has 0 bridgehead atoms. The third kappa shape index (κ3) is 2.19.